The second kappa shape index (κ2) is 6.05. The number of hydrogen-bond donors (Lipinski definition) is 2. The Hall–Kier alpha value is -1.52. The molecule has 5 heteroatoms. The highest BCUT2D eigenvalue weighted by atomic mass is 16.5. The summed E-state index contributed by atoms with van der Waals surface area (Å²) in [5.41, 5.74) is 5.14. The molecule has 0 atom stereocenters. The Morgan fingerprint density at radius 1 is 1.46 bits per heavy atom. The first-order valence-electron chi connectivity index (χ1n) is 4.03. The van der Waals surface area contributed by atoms with Crippen molar-refractivity contribution in [2.75, 3.05) is 13.2 Å². The Morgan fingerprint density at radius 2 is 2.08 bits per heavy atom. The number of nitrogens with one attached hydrogen (secondary N) is 1. The molecular formula is C8H14N2O3. The van der Waals surface area contributed by atoms with Crippen LogP contribution in [0.5, 0.6) is 0 Å². The van der Waals surface area contributed by atoms with Crippen LogP contribution in [0.2, 0.25) is 0 Å². The van der Waals surface area contributed by atoms with E-state index in [2.05, 4.69) is 10.1 Å². The Bertz CT molecular complexity index is 223. The molecule has 5 nitrogen and oxygen atoms in total. The molecule has 3 N–H and O–H groups in total. The van der Waals surface area contributed by atoms with Crippen LogP contribution in [-0.4, -0.2) is 25.0 Å². The lowest BCUT2D eigenvalue weighted by Gasteiger charge is -2.01. The zero-order chi connectivity index (χ0) is 10.3. The predicted molar refractivity (Wildman–Crippen MR) is 47.6 cm³/mol. The quantitative estimate of drug-likeness (QED) is 0.459. The SMILES string of the molecule is CCNC(=O)/C(N)=C/C(=O)OCC. The molecule has 74 valence electrons. The molecule has 0 heterocycles. The minimum atomic E-state index is -0.605. The number of likely N-dealkylation sites (N-methyl/N-ethyl adjacent to an activating group) is 1. The Balaban J connectivity index is 4.14. The normalized spacial score (nSPS) is 10.8. The van der Waals surface area contributed by atoms with Crippen molar-refractivity contribution in [3.05, 3.63) is 11.8 Å². The van der Waals surface area contributed by atoms with E-state index in [1.54, 1.807) is 13.8 Å². The fourth-order valence-corrected chi connectivity index (χ4v) is 0.639. The summed E-state index contributed by atoms with van der Waals surface area (Å²) in [5, 5.41) is 2.45. The van der Waals surface area contributed by atoms with Gasteiger partial charge in [-0.15, -0.1) is 0 Å². The van der Waals surface area contributed by atoms with Gasteiger partial charge < -0.3 is 15.8 Å². The van der Waals surface area contributed by atoms with Gasteiger partial charge in [-0.05, 0) is 13.8 Å². The molecule has 0 aliphatic carbocycles. The first-order chi connectivity index (χ1) is 6.11. The maximum atomic E-state index is 11.0. The Kier molecular flexibility index (Phi) is 5.34. The van der Waals surface area contributed by atoms with Gasteiger partial charge in [0.05, 0.1) is 12.7 Å². The molecule has 13 heavy (non-hydrogen) atoms. The summed E-state index contributed by atoms with van der Waals surface area (Å²) >= 11 is 0. The van der Waals surface area contributed by atoms with Crippen molar-refractivity contribution >= 4 is 11.9 Å². The van der Waals surface area contributed by atoms with Crippen LogP contribution in [0.4, 0.5) is 0 Å². The molecular weight excluding hydrogens is 172 g/mol. The summed E-state index contributed by atoms with van der Waals surface area (Å²) < 4.78 is 4.57. The number of ether oxygens (including phenoxy) is 1. The lowest BCUT2D eigenvalue weighted by Crippen LogP contribution is -2.28. The molecule has 0 saturated heterocycles. The number of rotatable bonds is 4. The van der Waals surface area contributed by atoms with Gasteiger partial charge in [0.15, 0.2) is 0 Å². The van der Waals surface area contributed by atoms with Crippen LogP contribution in [0.3, 0.4) is 0 Å². The summed E-state index contributed by atoms with van der Waals surface area (Å²) in [6.07, 6.45) is 0.967. The highest BCUT2D eigenvalue weighted by Crippen LogP contribution is 1.87. The average molecular weight is 186 g/mol. The molecule has 0 unspecified atom stereocenters. The van der Waals surface area contributed by atoms with Crippen molar-refractivity contribution in [2.45, 2.75) is 13.8 Å². The molecule has 0 aromatic carbocycles. The van der Waals surface area contributed by atoms with Crippen LogP contribution in [0.15, 0.2) is 11.8 Å². The zero-order valence-corrected chi connectivity index (χ0v) is 7.79. The molecule has 1 amide bonds. The molecule has 0 rings (SSSR count). The van der Waals surface area contributed by atoms with Gasteiger partial charge in [-0.1, -0.05) is 0 Å². The highest BCUT2D eigenvalue weighted by molar-refractivity contribution is 5.98. The minimum Gasteiger partial charge on any atom is -0.463 e. The molecule has 0 radical (unpaired) electrons. The molecule has 0 aromatic heterocycles. The van der Waals surface area contributed by atoms with Crippen LogP contribution >= 0.6 is 0 Å². The van der Waals surface area contributed by atoms with E-state index in [1.165, 1.54) is 0 Å². The zero-order valence-electron chi connectivity index (χ0n) is 7.79. The van der Waals surface area contributed by atoms with E-state index in [0.29, 0.717) is 6.54 Å². The molecule has 0 aromatic rings. The molecule has 0 bridgehead atoms. The number of esters is 1. The van der Waals surface area contributed by atoms with Gasteiger partial charge in [0.2, 0.25) is 0 Å². The first kappa shape index (κ1) is 11.5. The van der Waals surface area contributed by atoms with Gasteiger partial charge in [0.1, 0.15) is 5.70 Å². The standard InChI is InChI=1S/C8H14N2O3/c1-3-10-8(12)6(9)5-7(11)13-4-2/h5H,3-4,9H2,1-2H3,(H,10,12)/b6-5-. The number of amides is 1. The van der Waals surface area contributed by atoms with Gasteiger partial charge in [-0.2, -0.15) is 0 Å². The van der Waals surface area contributed by atoms with Crippen molar-refractivity contribution in [2.24, 2.45) is 5.73 Å². The van der Waals surface area contributed by atoms with Gasteiger partial charge >= 0.3 is 5.97 Å². The van der Waals surface area contributed by atoms with Gasteiger partial charge in [-0.3, -0.25) is 4.79 Å². The maximum Gasteiger partial charge on any atom is 0.333 e. The van der Waals surface area contributed by atoms with E-state index in [9.17, 15) is 9.59 Å². The van der Waals surface area contributed by atoms with Crippen molar-refractivity contribution < 1.29 is 14.3 Å². The Morgan fingerprint density at radius 3 is 2.54 bits per heavy atom. The summed E-state index contributed by atoms with van der Waals surface area (Å²) in [4.78, 5) is 21.8. The third-order valence-electron chi connectivity index (χ3n) is 1.16. The fourth-order valence-electron chi connectivity index (χ4n) is 0.639. The van der Waals surface area contributed by atoms with E-state index in [4.69, 9.17) is 5.73 Å². The fraction of sp³-hybridized carbons (Fsp3) is 0.500. The smallest absolute Gasteiger partial charge is 0.333 e. The highest BCUT2D eigenvalue weighted by Gasteiger charge is 2.05. The second-order valence-electron chi connectivity index (χ2n) is 2.21. The van der Waals surface area contributed by atoms with Gasteiger partial charge in [0, 0.05) is 6.54 Å². The largest absolute Gasteiger partial charge is 0.463 e. The molecule has 0 saturated carbocycles. The lowest BCUT2D eigenvalue weighted by molar-refractivity contribution is -0.137. The van der Waals surface area contributed by atoms with Crippen LogP contribution in [0, 0.1) is 0 Å². The monoisotopic (exact) mass is 186 g/mol. The topological polar surface area (TPSA) is 81.4 Å². The van der Waals surface area contributed by atoms with E-state index in [0.717, 1.165) is 6.08 Å². The van der Waals surface area contributed by atoms with Crippen molar-refractivity contribution in [1.29, 1.82) is 0 Å². The van der Waals surface area contributed by atoms with Crippen molar-refractivity contribution in [3.63, 3.8) is 0 Å². The van der Waals surface area contributed by atoms with Crippen LogP contribution in [-0.2, 0) is 14.3 Å². The molecule has 0 aliphatic rings. The van der Waals surface area contributed by atoms with E-state index in [-0.39, 0.29) is 12.3 Å². The molecule has 0 spiro atoms. The van der Waals surface area contributed by atoms with Crippen molar-refractivity contribution in [3.8, 4) is 0 Å². The van der Waals surface area contributed by atoms with Gasteiger partial charge in [-0.25, -0.2) is 4.79 Å². The third-order valence-corrected chi connectivity index (χ3v) is 1.16. The molecule has 0 aliphatic heterocycles. The van der Waals surface area contributed by atoms with Crippen LogP contribution in [0.1, 0.15) is 13.8 Å². The van der Waals surface area contributed by atoms with Gasteiger partial charge in [0.25, 0.3) is 5.91 Å². The van der Waals surface area contributed by atoms with E-state index in [1.807, 2.05) is 0 Å². The summed E-state index contributed by atoms with van der Waals surface area (Å²) in [6, 6.07) is 0. The summed E-state index contributed by atoms with van der Waals surface area (Å²) in [5.74, 6) is -1.07. The Labute approximate surface area is 76.9 Å². The number of nitrogens with two attached hydrogens (primary N) is 1. The summed E-state index contributed by atoms with van der Waals surface area (Å²) in [6.45, 7) is 4.16. The number of hydrogen-bond acceptors (Lipinski definition) is 4. The number of carbonyl (C=O) groups is 2. The second-order valence-corrected chi connectivity index (χ2v) is 2.21. The molecule has 0 fully saturated rings. The first-order valence-corrected chi connectivity index (χ1v) is 4.03. The predicted octanol–water partition coefficient (Wildman–Crippen LogP) is -0.472. The number of carbonyl (C=O) groups excluding carboxylic acids is 2. The van der Waals surface area contributed by atoms with Crippen molar-refractivity contribution in [1.82, 2.24) is 5.32 Å². The van der Waals surface area contributed by atoms with E-state index < -0.39 is 11.9 Å². The maximum absolute atomic E-state index is 11.0. The average Bonchev–Trinajstić information content (AvgIpc) is 2.05. The lowest BCUT2D eigenvalue weighted by atomic mass is 10.4. The third kappa shape index (κ3) is 4.84. The van der Waals surface area contributed by atoms with Crippen LogP contribution < -0.4 is 11.1 Å². The van der Waals surface area contributed by atoms with E-state index >= 15 is 0 Å². The minimum absolute atomic E-state index is 0.139. The van der Waals surface area contributed by atoms with Crippen LogP contribution in [0.25, 0.3) is 0 Å². The summed E-state index contributed by atoms with van der Waals surface area (Å²) in [7, 11) is 0.